The molecular weight excluding hydrogens is 474 g/mol. The first-order valence-electron chi connectivity index (χ1n) is 11.6. The first-order chi connectivity index (χ1) is 17.9. The zero-order valence-electron chi connectivity index (χ0n) is 20.2. The van der Waals surface area contributed by atoms with E-state index in [9.17, 15) is 14.4 Å². The minimum absolute atomic E-state index is 0.0140. The van der Waals surface area contributed by atoms with Gasteiger partial charge in [-0.05, 0) is 55.0 Å². The Morgan fingerprint density at radius 1 is 1.14 bits per heavy atom. The van der Waals surface area contributed by atoms with Crippen molar-refractivity contribution < 1.29 is 19.1 Å². The van der Waals surface area contributed by atoms with Crippen LogP contribution in [0.15, 0.2) is 67.4 Å². The van der Waals surface area contributed by atoms with Gasteiger partial charge < -0.3 is 31.3 Å². The van der Waals surface area contributed by atoms with Crippen LogP contribution in [-0.4, -0.2) is 53.9 Å². The molecule has 37 heavy (non-hydrogen) atoms. The summed E-state index contributed by atoms with van der Waals surface area (Å²) in [5.74, 6) is 0.858. The van der Waals surface area contributed by atoms with E-state index >= 15 is 0 Å². The number of nitrogens with one attached hydrogen (secondary N) is 3. The Morgan fingerprint density at radius 3 is 2.62 bits per heavy atom. The van der Waals surface area contributed by atoms with Gasteiger partial charge in [0.05, 0.1) is 5.56 Å². The van der Waals surface area contributed by atoms with Crippen molar-refractivity contribution in [1.82, 2.24) is 20.6 Å². The summed E-state index contributed by atoms with van der Waals surface area (Å²) in [5, 5.41) is 8.57. The van der Waals surface area contributed by atoms with Gasteiger partial charge in [0, 0.05) is 44.1 Å². The van der Waals surface area contributed by atoms with Crippen molar-refractivity contribution in [2.45, 2.75) is 12.5 Å². The second kappa shape index (κ2) is 11.2. The molecule has 0 spiro atoms. The van der Waals surface area contributed by atoms with Crippen LogP contribution in [0.25, 0.3) is 0 Å². The predicted molar refractivity (Wildman–Crippen MR) is 139 cm³/mol. The van der Waals surface area contributed by atoms with E-state index in [-0.39, 0.29) is 29.1 Å². The van der Waals surface area contributed by atoms with Gasteiger partial charge in [0.1, 0.15) is 28.8 Å². The molecule has 3 amide bonds. The quantitative estimate of drug-likeness (QED) is 0.326. The molecule has 2 aromatic heterocycles. The van der Waals surface area contributed by atoms with Crippen LogP contribution in [-0.2, 0) is 4.79 Å². The first kappa shape index (κ1) is 25.2. The number of amides is 3. The molecule has 0 bridgehead atoms. The lowest BCUT2D eigenvalue weighted by molar-refractivity contribution is -0.117. The van der Waals surface area contributed by atoms with E-state index in [0.29, 0.717) is 41.9 Å². The largest absolute Gasteiger partial charge is 0.457 e. The SMILES string of the molecule is C=CC(=O)NC1CCN(c2ccc(C(N)=O)c(Nc3ccc(Oc4ccnc(C(=O)NC)c4)cc3)n2)C1. The van der Waals surface area contributed by atoms with Gasteiger partial charge in [0.25, 0.3) is 11.8 Å². The van der Waals surface area contributed by atoms with Crippen molar-refractivity contribution in [2.24, 2.45) is 5.73 Å². The maximum Gasteiger partial charge on any atom is 0.269 e. The molecule has 1 unspecified atom stereocenters. The zero-order valence-corrected chi connectivity index (χ0v) is 20.2. The standard InChI is InChI=1S/C26H27N7O4/c1-3-23(34)30-17-11-13-33(15-17)22-9-8-20(24(27)35)25(32-22)31-16-4-6-18(7-5-16)37-19-10-12-29-21(14-19)26(36)28-2/h3-10,12,14,17H,1,11,13,15H2,2H3,(H2,27,35)(H,28,36)(H,30,34)(H,31,32). The van der Waals surface area contributed by atoms with Gasteiger partial charge in [-0.1, -0.05) is 6.58 Å². The topological polar surface area (TPSA) is 152 Å². The number of hydrogen-bond acceptors (Lipinski definition) is 8. The lowest BCUT2D eigenvalue weighted by Gasteiger charge is -2.20. The molecule has 11 heteroatoms. The van der Waals surface area contributed by atoms with Crippen LogP contribution in [0.4, 0.5) is 17.3 Å². The van der Waals surface area contributed by atoms with Gasteiger partial charge >= 0.3 is 0 Å². The van der Waals surface area contributed by atoms with Crippen molar-refractivity contribution in [1.29, 1.82) is 0 Å². The summed E-state index contributed by atoms with van der Waals surface area (Å²) in [6, 6.07) is 13.6. The first-order valence-corrected chi connectivity index (χ1v) is 11.6. The third-order valence-electron chi connectivity index (χ3n) is 5.73. The number of carbonyl (C=O) groups is 3. The normalized spacial score (nSPS) is 14.5. The minimum atomic E-state index is -0.608. The van der Waals surface area contributed by atoms with E-state index in [4.69, 9.17) is 10.5 Å². The molecule has 5 N–H and O–H groups in total. The number of hydrogen-bond donors (Lipinski definition) is 4. The molecule has 3 heterocycles. The molecule has 0 saturated carbocycles. The Morgan fingerprint density at radius 2 is 1.92 bits per heavy atom. The Kier molecular flexibility index (Phi) is 7.62. The molecule has 1 atom stereocenters. The smallest absolute Gasteiger partial charge is 0.269 e. The molecule has 3 aromatic rings. The number of benzene rings is 1. The Labute approximate surface area is 213 Å². The van der Waals surface area contributed by atoms with E-state index in [1.54, 1.807) is 48.5 Å². The van der Waals surface area contributed by atoms with Crippen molar-refractivity contribution >= 4 is 35.0 Å². The van der Waals surface area contributed by atoms with Crippen LogP contribution >= 0.6 is 0 Å². The van der Waals surface area contributed by atoms with E-state index in [2.05, 4.69) is 32.5 Å². The molecular formula is C26H27N7O4. The second-order valence-electron chi connectivity index (χ2n) is 8.28. The van der Waals surface area contributed by atoms with Crippen LogP contribution in [0, 0.1) is 0 Å². The van der Waals surface area contributed by atoms with Crippen LogP contribution in [0.3, 0.4) is 0 Å². The molecule has 1 aliphatic heterocycles. The number of nitrogens with zero attached hydrogens (tertiary/aromatic N) is 3. The van der Waals surface area contributed by atoms with E-state index in [0.717, 1.165) is 6.42 Å². The molecule has 1 aliphatic rings. The lowest BCUT2D eigenvalue weighted by Crippen LogP contribution is -2.36. The predicted octanol–water partition coefficient (Wildman–Crippen LogP) is 2.35. The average Bonchev–Trinajstić information content (AvgIpc) is 3.37. The summed E-state index contributed by atoms with van der Waals surface area (Å²) >= 11 is 0. The van der Waals surface area contributed by atoms with Gasteiger partial charge in [-0.3, -0.25) is 19.4 Å². The molecule has 1 fully saturated rings. The van der Waals surface area contributed by atoms with Crippen LogP contribution in [0.2, 0.25) is 0 Å². The maximum absolute atomic E-state index is 12.0. The number of primary amides is 1. The summed E-state index contributed by atoms with van der Waals surface area (Å²) in [4.78, 5) is 46.1. The molecule has 1 saturated heterocycles. The lowest BCUT2D eigenvalue weighted by atomic mass is 10.2. The summed E-state index contributed by atoms with van der Waals surface area (Å²) < 4.78 is 5.83. The molecule has 1 aromatic carbocycles. The number of aromatic nitrogens is 2. The van der Waals surface area contributed by atoms with Crippen LogP contribution in [0.1, 0.15) is 27.3 Å². The highest BCUT2D eigenvalue weighted by Gasteiger charge is 2.25. The number of nitrogens with two attached hydrogens (primary N) is 1. The van der Waals surface area contributed by atoms with Crippen molar-refractivity contribution in [2.75, 3.05) is 30.4 Å². The summed E-state index contributed by atoms with van der Waals surface area (Å²) in [6.07, 6.45) is 3.51. The molecule has 190 valence electrons. The van der Waals surface area contributed by atoms with E-state index in [1.165, 1.54) is 19.3 Å². The second-order valence-corrected chi connectivity index (χ2v) is 8.28. The third-order valence-corrected chi connectivity index (χ3v) is 5.73. The number of ether oxygens (including phenoxy) is 1. The number of carbonyl (C=O) groups excluding carboxylic acids is 3. The molecule has 4 rings (SSSR count). The zero-order chi connectivity index (χ0) is 26.4. The van der Waals surface area contributed by atoms with Crippen molar-refractivity contribution in [3.05, 3.63) is 78.6 Å². The average molecular weight is 502 g/mol. The highest BCUT2D eigenvalue weighted by Crippen LogP contribution is 2.27. The van der Waals surface area contributed by atoms with Crippen LogP contribution < -0.4 is 31.3 Å². The third kappa shape index (κ3) is 6.20. The van der Waals surface area contributed by atoms with Gasteiger partial charge in [0.2, 0.25) is 5.91 Å². The highest BCUT2D eigenvalue weighted by atomic mass is 16.5. The fourth-order valence-electron chi connectivity index (χ4n) is 3.87. The number of anilines is 3. The van der Waals surface area contributed by atoms with Crippen LogP contribution in [0.5, 0.6) is 11.5 Å². The number of pyridine rings is 2. The van der Waals surface area contributed by atoms with Crippen molar-refractivity contribution in [3.63, 3.8) is 0 Å². The minimum Gasteiger partial charge on any atom is -0.457 e. The Bertz CT molecular complexity index is 1330. The van der Waals surface area contributed by atoms with Crippen molar-refractivity contribution in [3.8, 4) is 11.5 Å². The van der Waals surface area contributed by atoms with Gasteiger partial charge in [-0.15, -0.1) is 0 Å². The molecule has 11 nitrogen and oxygen atoms in total. The van der Waals surface area contributed by atoms with E-state index < -0.39 is 5.91 Å². The fraction of sp³-hybridized carbons (Fsp3) is 0.192. The monoisotopic (exact) mass is 501 g/mol. The summed E-state index contributed by atoms with van der Waals surface area (Å²) in [7, 11) is 1.53. The fourth-order valence-corrected chi connectivity index (χ4v) is 3.87. The molecule has 0 radical (unpaired) electrons. The highest BCUT2D eigenvalue weighted by molar-refractivity contribution is 5.98. The molecule has 0 aliphatic carbocycles. The van der Waals surface area contributed by atoms with Gasteiger partial charge in [-0.25, -0.2) is 4.98 Å². The number of rotatable bonds is 9. The van der Waals surface area contributed by atoms with Gasteiger partial charge in [-0.2, -0.15) is 0 Å². The van der Waals surface area contributed by atoms with E-state index in [1.807, 2.05) is 4.90 Å². The summed E-state index contributed by atoms with van der Waals surface area (Å²) in [6.45, 7) is 4.77. The Hall–Kier alpha value is -4.93. The Balaban J connectivity index is 1.47. The van der Waals surface area contributed by atoms with Gasteiger partial charge in [0.15, 0.2) is 0 Å². The summed E-state index contributed by atoms with van der Waals surface area (Å²) in [5.41, 5.74) is 6.73. The maximum atomic E-state index is 12.0.